The average molecular weight is 469 g/mol. The number of nitrogens with zero attached hydrogens (tertiary/aromatic N) is 4. The Bertz CT molecular complexity index is 663. The van der Waals surface area contributed by atoms with Crippen LogP contribution >= 0.6 is 24.0 Å². The number of aromatic nitrogens is 2. The second-order valence-electron chi connectivity index (χ2n) is 6.39. The molecule has 144 valence electrons. The summed E-state index contributed by atoms with van der Waals surface area (Å²) in [6, 6.07) is 8.84. The van der Waals surface area contributed by atoms with Crippen LogP contribution in [0, 0.1) is 0 Å². The minimum Gasteiger partial charge on any atom is -0.357 e. The highest BCUT2D eigenvalue weighted by Gasteiger charge is 2.06. The van der Waals surface area contributed by atoms with Crippen LogP contribution in [0.5, 0.6) is 0 Å². The molecule has 0 unspecified atom stereocenters. The molecule has 0 aliphatic rings. The van der Waals surface area contributed by atoms with E-state index in [1.807, 2.05) is 17.9 Å². The molecule has 0 saturated carbocycles. The molecule has 2 aromatic rings. The van der Waals surface area contributed by atoms with Gasteiger partial charge >= 0.3 is 0 Å². The molecule has 1 heterocycles. The predicted molar refractivity (Wildman–Crippen MR) is 120 cm³/mol. The van der Waals surface area contributed by atoms with Crippen molar-refractivity contribution in [1.82, 2.24) is 20.0 Å². The predicted octanol–water partition coefficient (Wildman–Crippen LogP) is 3.63. The van der Waals surface area contributed by atoms with Crippen LogP contribution in [0.15, 0.2) is 41.7 Å². The van der Waals surface area contributed by atoms with Crippen LogP contribution in [0.25, 0.3) is 0 Å². The lowest BCUT2D eigenvalue weighted by molar-refractivity contribution is 0.476. The van der Waals surface area contributed by atoms with Crippen molar-refractivity contribution >= 4 is 29.9 Å². The zero-order valence-corrected chi connectivity index (χ0v) is 18.7. The van der Waals surface area contributed by atoms with E-state index in [0.717, 1.165) is 44.9 Å². The van der Waals surface area contributed by atoms with Gasteiger partial charge in [0.15, 0.2) is 5.96 Å². The first-order valence-electron chi connectivity index (χ1n) is 9.17. The van der Waals surface area contributed by atoms with Gasteiger partial charge in [-0.15, -0.1) is 24.0 Å². The summed E-state index contributed by atoms with van der Waals surface area (Å²) in [4.78, 5) is 6.96. The molecular weight excluding hydrogens is 437 g/mol. The summed E-state index contributed by atoms with van der Waals surface area (Å²) in [6.45, 7) is 6.84. The van der Waals surface area contributed by atoms with E-state index in [1.54, 1.807) is 0 Å². The molecule has 2 rings (SSSR count). The third-order valence-corrected chi connectivity index (χ3v) is 4.19. The summed E-state index contributed by atoms with van der Waals surface area (Å²) < 4.78 is 1.85. The Morgan fingerprint density at radius 3 is 2.42 bits per heavy atom. The minimum atomic E-state index is 0. The maximum Gasteiger partial charge on any atom is 0.193 e. The molecule has 1 aromatic carbocycles. The van der Waals surface area contributed by atoms with Crippen LogP contribution in [-0.2, 0) is 26.4 Å². The van der Waals surface area contributed by atoms with Crippen LogP contribution in [0.1, 0.15) is 37.0 Å². The van der Waals surface area contributed by atoms with Crippen molar-refractivity contribution in [3.05, 3.63) is 53.3 Å². The fourth-order valence-electron chi connectivity index (χ4n) is 2.77. The molecular formula is C20H32IN5. The molecule has 0 bridgehead atoms. The van der Waals surface area contributed by atoms with Gasteiger partial charge in [-0.25, -0.2) is 0 Å². The van der Waals surface area contributed by atoms with E-state index in [4.69, 9.17) is 4.99 Å². The molecule has 1 aromatic heterocycles. The number of nitrogens with one attached hydrogen (secondary N) is 1. The number of aryl methyl sites for hydroxylation is 3. The molecule has 1 N–H and O–H groups in total. The van der Waals surface area contributed by atoms with Crippen molar-refractivity contribution < 1.29 is 0 Å². The first-order chi connectivity index (χ1) is 12.1. The maximum absolute atomic E-state index is 4.77. The van der Waals surface area contributed by atoms with Gasteiger partial charge in [-0.2, -0.15) is 5.10 Å². The fraction of sp³-hybridized carbons (Fsp3) is 0.500. The van der Waals surface area contributed by atoms with Crippen molar-refractivity contribution in [3.8, 4) is 0 Å². The zero-order valence-electron chi connectivity index (χ0n) is 16.4. The lowest BCUT2D eigenvalue weighted by Gasteiger charge is -2.22. The fourth-order valence-corrected chi connectivity index (χ4v) is 2.77. The number of hydrogen-bond acceptors (Lipinski definition) is 2. The Kier molecular flexibility index (Phi) is 10.3. The monoisotopic (exact) mass is 469 g/mol. The molecule has 0 saturated heterocycles. The lowest BCUT2D eigenvalue weighted by Crippen LogP contribution is -2.38. The third-order valence-electron chi connectivity index (χ3n) is 4.19. The quantitative estimate of drug-likeness (QED) is 0.278. The van der Waals surface area contributed by atoms with Crippen LogP contribution in [0.4, 0.5) is 0 Å². The van der Waals surface area contributed by atoms with Gasteiger partial charge in [-0.1, -0.05) is 31.2 Å². The number of guanidine groups is 1. The number of aliphatic imine (C=N–C) groups is 1. The first kappa shape index (κ1) is 22.5. The van der Waals surface area contributed by atoms with E-state index in [9.17, 15) is 0 Å². The molecule has 0 atom stereocenters. The third kappa shape index (κ3) is 7.35. The van der Waals surface area contributed by atoms with Crippen LogP contribution < -0.4 is 5.32 Å². The summed E-state index contributed by atoms with van der Waals surface area (Å²) in [5.41, 5.74) is 3.95. The van der Waals surface area contributed by atoms with E-state index in [1.165, 1.54) is 16.7 Å². The Morgan fingerprint density at radius 2 is 1.85 bits per heavy atom. The zero-order chi connectivity index (χ0) is 18.1. The highest BCUT2D eigenvalue weighted by molar-refractivity contribution is 14.0. The van der Waals surface area contributed by atoms with Gasteiger partial charge in [-0.3, -0.25) is 9.67 Å². The van der Waals surface area contributed by atoms with E-state index < -0.39 is 0 Å². The first-order valence-corrected chi connectivity index (χ1v) is 9.17. The van der Waals surface area contributed by atoms with E-state index in [0.29, 0.717) is 0 Å². The minimum absolute atomic E-state index is 0. The Hall–Kier alpha value is -1.57. The largest absolute Gasteiger partial charge is 0.357 e. The smallest absolute Gasteiger partial charge is 0.193 e. The Morgan fingerprint density at radius 1 is 1.15 bits per heavy atom. The van der Waals surface area contributed by atoms with Crippen LogP contribution in [0.2, 0.25) is 0 Å². The number of benzene rings is 1. The van der Waals surface area contributed by atoms with Crippen molar-refractivity contribution in [2.75, 3.05) is 20.1 Å². The van der Waals surface area contributed by atoms with Gasteiger partial charge < -0.3 is 10.2 Å². The standard InChI is InChI=1S/C20H31N5.HI/c1-5-17-9-11-18(12-10-17)15-24(3)20(21-6-2)22-13-7-8-19-14-23-25(4)16-19;/h9-12,14,16H,5-8,13,15H2,1-4H3,(H,21,22);1H. The lowest BCUT2D eigenvalue weighted by atomic mass is 10.1. The summed E-state index contributed by atoms with van der Waals surface area (Å²) in [5.74, 6) is 0.966. The normalized spacial score (nSPS) is 11.2. The molecule has 0 aliphatic carbocycles. The molecule has 26 heavy (non-hydrogen) atoms. The molecule has 6 heteroatoms. The second kappa shape index (κ2) is 11.9. The Balaban J connectivity index is 0.00000338. The van der Waals surface area contributed by atoms with E-state index >= 15 is 0 Å². The van der Waals surface area contributed by atoms with E-state index in [-0.39, 0.29) is 24.0 Å². The van der Waals surface area contributed by atoms with E-state index in [2.05, 4.69) is 66.7 Å². The van der Waals surface area contributed by atoms with Gasteiger partial charge in [0.25, 0.3) is 0 Å². The second-order valence-corrected chi connectivity index (χ2v) is 6.39. The van der Waals surface area contributed by atoms with Crippen molar-refractivity contribution in [2.24, 2.45) is 12.0 Å². The molecule has 0 radical (unpaired) electrons. The summed E-state index contributed by atoms with van der Waals surface area (Å²) in [5, 5.41) is 7.59. The summed E-state index contributed by atoms with van der Waals surface area (Å²) in [6.07, 6.45) is 7.12. The molecule has 0 aliphatic heterocycles. The van der Waals surface area contributed by atoms with Crippen LogP contribution in [-0.4, -0.2) is 40.8 Å². The molecule has 0 spiro atoms. The van der Waals surface area contributed by atoms with Gasteiger partial charge in [-0.05, 0) is 42.9 Å². The van der Waals surface area contributed by atoms with Crippen LogP contribution in [0.3, 0.4) is 0 Å². The van der Waals surface area contributed by atoms with Gasteiger partial charge in [0, 0.05) is 39.9 Å². The topological polar surface area (TPSA) is 45.5 Å². The summed E-state index contributed by atoms with van der Waals surface area (Å²) in [7, 11) is 4.04. The highest BCUT2D eigenvalue weighted by Crippen LogP contribution is 2.08. The average Bonchev–Trinajstić information content (AvgIpc) is 3.03. The summed E-state index contributed by atoms with van der Waals surface area (Å²) >= 11 is 0. The highest BCUT2D eigenvalue weighted by atomic mass is 127. The van der Waals surface area contributed by atoms with Crippen molar-refractivity contribution in [2.45, 2.75) is 39.7 Å². The molecule has 5 nitrogen and oxygen atoms in total. The van der Waals surface area contributed by atoms with Crippen molar-refractivity contribution in [3.63, 3.8) is 0 Å². The van der Waals surface area contributed by atoms with Gasteiger partial charge in [0.1, 0.15) is 0 Å². The Labute approximate surface area is 174 Å². The molecule has 0 amide bonds. The maximum atomic E-state index is 4.77. The SMILES string of the molecule is CCNC(=NCCCc1cnn(C)c1)N(C)Cc1ccc(CC)cc1.I. The van der Waals surface area contributed by atoms with Gasteiger partial charge in [0.2, 0.25) is 0 Å². The number of rotatable bonds is 8. The van der Waals surface area contributed by atoms with Gasteiger partial charge in [0.05, 0.1) is 6.20 Å². The molecule has 0 fully saturated rings. The van der Waals surface area contributed by atoms with Crippen molar-refractivity contribution in [1.29, 1.82) is 0 Å². The number of halogens is 1. The number of hydrogen-bond donors (Lipinski definition) is 1.